The topological polar surface area (TPSA) is 57.5 Å². The molecule has 0 aromatic carbocycles. The SMILES string of the molecule is C=C[C@H](O)C(=O)O. The minimum absolute atomic E-state index is 0.947. The highest BCUT2D eigenvalue weighted by Gasteiger charge is 2.04. The van der Waals surface area contributed by atoms with Crippen LogP contribution in [0, 0.1) is 0 Å². The fraction of sp³-hybridized carbons (Fsp3) is 0.250. The summed E-state index contributed by atoms with van der Waals surface area (Å²) in [7, 11) is 0. The zero-order chi connectivity index (χ0) is 5.86. The zero-order valence-electron chi connectivity index (χ0n) is 3.66. The van der Waals surface area contributed by atoms with Gasteiger partial charge in [0.2, 0.25) is 0 Å². The molecule has 0 bridgehead atoms. The van der Waals surface area contributed by atoms with Crippen molar-refractivity contribution >= 4 is 5.97 Å². The lowest BCUT2D eigenvalue weighted by Crippen LogP contribution is -2.15. The van der Waals surface area contributed by atoms with Gasteiger partial charge in [-0.1, -0.05) is 12.7 Å². The second-order valence-electron chi connectivity index (χ2n) is 1.02. The Labute approximate surface area is 40.9 Å². The summed E-state index contributed by atoms with van der Waals surface area (Å²) in [5.41, 5.74) is 0. The molecule has 0 aliphatic carbocycles. The number of rotatable bonds is 2. The third kappa shape index (κ3) is 1.94. The lowest BCUT2D eigenvalue weighted by atomic mass is 10.4. The van der Waals surface area contributed by atoms with E-state index in [-0.39, 0.29) is 0 Å². The normalized spacial score (nSPS) is 12.7. The van der Waals surface area contributed by atoms with Gasteiger partial charge < -0.3 is 10.2 Å². The summed E-state index contributed by atoms with van der Waals surface area (Å²) in [6, 6.07) is 0. The molecule has 0 spiro atoms. The van der Waals surface area contributed by atoms with Crippen LogP contribution < -0.4 is 0 Å². The predicted octanol–water partition coefficient (Wildman–Crippen LogP) is -0.382. The van der Waals surface area contributed by atoms with Crippen LogP contribution in [0.15, 0.2) is 12.7 Å². The van der Waals surface area contributed by atoms with Crippen molar-refractivity contribution in [1.82, 2.24) is 0 Å². The largest absolute Gasteiger partial charge is 0.479 e. The number of carboxylic acid groups (broad SMARTS) is 1. The molecular weight excluding hydrogens is 96.0 g/mol. The number of carbonyl (C=O) groups is 1. The van der Waals surface area contributed by atoms with Crippen LogP contribution in [0.5, 0.6) is 0 Å². The third-order valence-corrected chi connectivity index (χ3v) is 0.476. The molecule has 0 saturated heterocycles. The first-order valence-electron chi connectivity index (χ1n) is 1.72. The molecule has 40 valence electrons. The van der Waals surface area contributed by atoms with Crippen molar-refractivity contribution in [1.29, 1.82) is 0 Å². The van der Waals surface area contributed by atoms with Gasteiger partial charge in [-0.15, -0.1) is 0 Å². The first kappa shape index (κ1) is 6.17. The second-order valence-corrected chi connectivity index (χ2v) is 1.02. The zero-order valence-corrected chi connectivity index (χ0v) is 3.66. The van der Waals surface area contributed by atoms with E-state index in [2.05, 4.69) is 6.58 Å². The van der Waals surface area contributed by atoms with Crippen LogP contribution in [-0.4, -0.2) is 22.3 Å². The van der Waals surface area contributed by atoms with Gasteiger partial charge in [0.05, 0.1) is 0 Å². The summed E-state index contributed by atoms with van der Waals surface area (Å²) in [5.74, 6) is -1.27. The molecule has 0 fully saturated rings. The van der Waals surface area contributed by atoms with E-state index in [1.54, 1.807) is 0 Å². The number of hydrogen-bond donors (Lipinski definition) is 2. The molecule has 0 amide bonds. The number of aliphatic hydroxyl groups is 1. The number of carboxylic acids is 1. The standard InChI is InChI=1S/C4H6O3/c1-2-3(5)4(6)7/h2-3,5H,1H2,(H,6,7)/t3-/m0/s1. The summed E-state index contributed by atoms with van der Waals surface area (Å²) in [6.07, 6.45) is -0.470. The lowest BCUT2D eigenvalue weighted by Gasteiger charge is -1.91. The molecule has 0 rings (SSSR count). The van der Waals surface area contributed by atoms with Gasteiger partial charge in [0.15, 0.2) is 6.10 Å². The highest BCUT2D eigenvalue weighted by atomic mass is 16.4. The molecule has 0 radical (unpaired) electrons. The molecule has 3 heteroatoms. The van der Waals surface area contributed by atoms with Gasteiger partial charge in [0, 0.05) is 0 Å². The number of hydrogen-bond acceptors (Lipinski definition) is 2. The average molecular weight is 102 g/mol. The van der Waals surface area contributed by atoms with Crippen molar-refractivity contribution in [2.45, 2.75) is 6.10 Å². The highest BCUT2D eigenvalue weighted by molar-refractivity contribution is 5.73. The van der Waals surface area contributed by atoms with Crippen molar-refractivity contribution in [2.75, 3.05) is 0 Å². The van der Waals surface area contributed by atoms with Crippen molar-refractivity contribution in [3.05, 3.63) is 12.7 Å². The van der Waals surface area contributed by atoms with Crippen LogP contribution in [0.2, 0.25) is 0 Å². The van der Waals surface area contributed by atoms with Gasteiger partial charge >= 0.3 is 5.97 Å². The maximum Gasteiger partial charge on any atom is 0.336 e. The molecule has 0 saturated carbocycles. The molecule has 3 nitrogen and oxygen atoms in total. The van der Waals surface area contributed by atoms with Crippen molar-refractivity contribution < 1.29 is 15.0 Å². The van der Waals surface area contributed by atoms with E-state index >= 15 is 0 Å². The van der Waals surface area contributed by atoms with Gasteiger partial charge in [0.25, 0.3) is 0 Å². The van der Waals surface area contributed by atoms with E-state index < -0.39 is 12.1 Å². The van der Waals surface area contributed by atoms with Crippen LogP contribution >= 0.6 is 0 Å². The van der Waals surface area contributed by atoms with Crippen molar-refractivity contribution in [2.24, 2.45) is 0 Å². The molecule has 1 atom stereocenters. The van der Waals surface area contributed by atoms with Gasteiger partial charge in [-0.25, -0.2) is 4.79 Å². The first-order valence-corrected chi connectivity index (χ1v) is 1.72. The van der Waals surface area contributed by atoms with Gasteiger partial charge in [-0.2, -0.15) is 0 Å². The summed E-state index contributed by atoms with van der Waals surface area (Å²) >= 11 is 0. The Morgan fingerprint density at radius 1 is 1.86 bits per heavy atom. The van der Waals surface area contributed by atoms with Gasteiger partial charge in [-0.05, 0) is 0 Å². The monoisotopic (exact) mass is 102 g/mol. The van der Waals surface area contributed by atoms with Crippen LogP contribution in [0.4, 0.5) is 0 Å². The number of aliphatic hydroxyl groups excluding tert-OH is 1. The predicted molar refractivity (Wildman–Crippen MR) is 23.8 cm³/mol. The average Bonchev–Trinajstić information content (AvgIpc) is 1.65. The van der Waals surface area contributed by atoms with Crippen LogP contribution in [0.1, 0.15) is 0 Å². The summed E-state index contributed by atoms with van der Waals surface area (Å²) < 4.78 is 0. The van der Waals surface area contributed by atoms with E-state index in [1.165, 1.54) is 0 Å². The Bertz CT molecular complexity index is 86.9. The van der Waals surface area contributed by atoms with E-state index in [4.69, 9.17) is 10.2 Å². The van der Waals surface area contributed by atoms with Gasteiger partial charge in [0.1, 0.15) is 0 Å². The minimum Gasteiger partial charge on any atom is -0.479 e. The Morgan fingerprint density at radius 2 is 2.29 bits per heavy atom. The highest BCUT2D eigenvalue weighted by Crippen LogP contribution is 1.79. The maximum atomic E-state index is 9.61. The van der Waals surface area contributed by atoms with Crippen LogP contribution in [0.25, 0.3) is 0 Å². The molecule has 7 heavy (non-hydrogen) atoms. The molecule has 0 unspecified atom stereocenters. The molecule has 0 aromatic heterocycles. The molecule has 0 aliphatic rings. The maximum absolute atomic E-state index is 9.61. The summed E-state index contributed by atoms with van der Waals surface area (Å²) in [4.78, 5) is 9.61. The smallest absolute Gasteiger partial charge is 0.336 e. The van der Waals surface area contributed by atoms with Crippen LogP contribution in [0.3, 0.4) is 0 Å². The lowest BCUT2D eigenvalue weighted by molar-refractivity contribution is -0.144. The Kier molecular flexibility index (Phi) is 2.08. The Balaban J connectivity index is 3.55. The van der Waals surface area contributed by atoms with E-state index in [0.29, 0.717) is 0 Å². The first-order chi connectivity index (χ1) is 3.18. The fourth-order valence-corrected chi connectivity index (χ4v) is 0.101. The molecule has 0 aliphatic heterocycles. The number of aliphatic carboxylic acids is 1. The molecule has 2 N–H and O–H groups in total. The van der Waals surface area contributed by atoms with Crippen molar-refractivity contribution in [3.8, 4) is 0 Å². The fourth-order valence-electron chi connectivity index (χ4n) is 0.101. The molecule has 0 aromatic rings. The Hall–Kier alpha value is -0.830. The van der Waals surface area contributed by atoms with Gasteiger partial charge in [-0.3, -0.25) is 0 Å². The van der Waals surface area contributed by atoms with E-state index in [0.717, 1.165) is 6.08 Å². The molecular formula is C4H6O3. The Morgan fingerprint density at radius 3 is 2.29 bits per heavy atom. The third-order valence-electron chi connectivity index (χ3n) is 0.476. The van der Waals surface area contributed by atoms with Crippen molar-refractivity contribution in [3.63, 3.8) is 0 Å². The van der Waals surface area contributed by atoms with E-state index in [1.807, 2.05) is 0 Å². The summed E-state index contributed by atoms with van der Waals surface area (Å²) in [5, 5.41) is 16.1. The quantitative estimate of drug-likeness (QED) is 0.467. The van der Waals surface area contributed by atoms with E-state index in [9.17, 15) is 4.79 Å². The summed E-state index contributed by atoms with van der Waals surface area (Å²) in [6.45, 7) is 3.05. The molecule has 0 heterocycles. The second kappa shape index (κ2) is 2.36. The minimum atomic E-state index is -1.42. The van der Waals surface area contributed by atoms with Crippen LogP contribution in [-0.2, 0) is 4.79 Å².